The summed E-state index contributed by atoms with van der Waals surface area (Å²) in [4.78, 5) is 0. The molecule has 5 aromatic carbocycles. The van der Waals surface area contributed by atoms with E-state index in [1.54, 1.807) is 0 Å². The lowest BCUT2D eigenvalue weighted by atomic mass is 10.2. The van der Waals surface area contributed by atoms with Gasteiger partial charge in [0.2, 0.25) is 0 Å². The van der Waals surface area contributed by atoms with Gasteiger partial charge in [-0.25, -0.2) is 0 Å². The lowest BCUT2D eigenvalue weighted by molar-refractivity contribution is -0.142. The summed E-state index contributed by atoms with van der Waals surface area (Å²) < 4.78 is 13.2. The van der Waals surface area contributed by atoms with Crippen molar-refractivity contribution in [3.8, 4) is 0 Å². The van der Waals surface area contributed by atoms with E-state index in [4.69, 9.17) is 9.47 Å². The Hall–Kier alpha value is -3.07. The highest BCUT2D eigenvalue weighted by molar-refractivity contribution is 7.95. The SMILES string of the molecule is [Br-].c1ccc(COC(C[P+](c2ccccc2)(c2ccccc2)c2ccccc2)OCc2ccccc2)cc1. The van der Waals surface area contributed by atoms with Crippen LogP contribution < -0.4 is 32.9 Å². The molecule has 0 radical (unpaired) electrons. The van der Waals surface area contributed by atoms with E-state index in [9.17, 15) is 0 Å². The molecule has 4 heteroatoms. The molecule has 38 heavy (non-hydrogen) atoms. The number of rotatable bonds is 11. The molecule has 2 nitrogen and oxygen atoms in total. The third-order valence-corrected chi connectivity index (χ3v) is 11.0. The summed E-state index contributed by atoms with van der Waals surface area (Å²) in [5, 5.41) is 3.97. The summed E-state index contributed by atoms with van der Waals surface area (Å²) in [6.45, 7) is 0.997. The topological polar surface area (TPSA) is 18.5 Å². The van der Waals surface area contributed by atoms with Gasteiger partial charge in [-0.3, -0.25) is 0 Å². The van der Waals surface area contributed by atoms with Crippen molar-refractivity contribution < 1.29 is 26.5 Å². The molecule has 192 valence electrons. The second-order valence-electron chi connectivity index (χ2n) is 9.02. The molecule has 0 bridgehead atoms. The lowest BCUT2D eigenvalue weighted by Crippen LogP contribution is -3.00. The third-order valence-electron chi connectivity index (χ3n) is 6.57. The van der Waals surface area contributed by atoms with E-state index in [1.807, 2.05) is 36.4 Å². The Balaban J connectivity index is 0.00000336. The minimum atomic E-state index is -2.10. The summed E-state index contributed by atoms with van der Waals surface area (Å²) in [5.41, 5.74) is 2.28. The van der Waals surface area contributed by atoms with Crippen molar-refractivity contribution in [2.24, 2.45) is 0 Å². The van der Waals surface area contributed by atoms with Gasteiger partial charge in [0.25, 0.3) is 0 Å². The molecule has 5 aromatic rings. The van der Waals surface area contributed by atoms with Crippen molar-refractivity contribution in [1.82, 2.24) is 0 Å². The van der Waals surface area contributed by atoms with Gasteiger partial charge in [-0.2, -0.15) is 0 Å². The molecule has 0 fully saturated rings. The van der Waals surface area contributed by atoms with Crippen LogP contribution in [0.5, 0.6) is 0 Å². The first kappa shape index (κ1) is 28.0. The third kappa shape index (κ3) is 6.87. The van der Waals surface area contributed by atoms with Gasteiger partial charge in [-0.1, -0.05) is 115 Å². The van der Waals surface area contributed by atoms with Crippen molar-refractivity contribution in [3.05, 3.63) is 163 Å². The zero-order valence-electron chi connectivity index (χ0n) is 21.3. The van der Waals surface area contributed by atoms with Crippen LogP contribution in [0.25, 0.3) is 0 Å². The summed E-state index contributed by atoms with van der Waals surface area (Å²) in [6.07, 6.45) is 0.347. The molecule has 0 unspecified atom stereocenters. The number of benzene rings is 5. The minimum Gasteiger partial charge on any atom is -1.00 e. The number of hydrogen-bond donors (Lipinski definition) is 0. The van der Waals surface area contributed by atoms with E-state index in [0.717, 1.165) is 17.3 Å². The second-order valence-corrected chi connectivity index (χ2v) is 12.6. The molecule has 0 heterocycles. The molecule has 0 atom stereocenters. The summed E-state index contributed by atoms with van der Waals surface area (Å²) in [7, 11) is -2.10. The van der Waals surface area contributed by atoms with Crippen LogP contribution in [0.2, 0.25) is 0 Å². The van der Waals surface area contributed by atoms with E-state index in [1.165, 1.54) is 15.9 Å². The summed E-state index contributed by atoms with van der Waals surface area (Å²) >= 11 is 0. The quantitative estimate of drug-likeness (QED) is 0.174. The minimum absolute atomic E-state index is 0. The van der Waals surface area contributed by atoms with Gasteiger partial charge < -0.3 is 26.5 Å². The lowest BCUT2D eigenvalue weighted by Gasteiger charge is -2.31. The van der Waals surface area contributed by atoms with Crippen molar-refractivity contribution >= 4 is 23.2 Å². The molecule has 0 N–H and O–H groups in total. The fourth-order valence-electron chi connectivity index (χ4n) is 4.71. The van der Waals surface area contributed by atoms with Gasteiger partial charge in [0.05, 0.1) is 13.2 Å². The van der Waals surface area contributed by atoms with Crippen LogP contribution >= 0.6 is 7.26 Å². The van der Waals surface area contributed by atoms with Gasteiger partial charge in [0.1, 0.15) is 29.3 Å². The van der Waals surface area contributed by atoms with Crippen LogP contribution in [0.4, 0.5) is 0 Å². The van der Waals surface area contributed by atoms with Gasteiger partial charge in [0, 0.05) is 0 Å². The van der Waals surface area contributed by atoms with Gasteiger partial charge in [0.15, 0.2) is 6.29 Å². The van der Waals surface area contributed by atoms with E-state index >= 15 is 0 Å². The predicted octanol–water partition coefficient (Wildman–Crippen LogP) is 3.74. The number of hydrogen-bond acceptors (Lipinski definition) is 2. The maximum Gasteiger partial charge on any atom is 0.193 e. The van der Waals surface area contributed by atoms with Crippen LogP contribution in [0.3, 0.4) is 0 Å². The normalized spacial score (nSPS) is 11.2. The Morgan fingerprint density at radius 1 is 0.421 bits per heavy atom. The monoisotopic (exact) mass is 582 g/mol. The highest BCUT2D eigenvalue weighted by Crippen LogP contribution is 2.56. The zero-order valence-corrected chi connectivity index (χ0v) is 23.8. The van der Waals surface area contributed by atoms with Crippen LogP contribution in [-0.2, 0) is 22.7 Å². The van der Waals surface area contributed by atoms with E-state index < -0.39 is 13.6 Å². The first-order valence-corrected chi connectivity index (χ1v) is 14.7. The smallest absolute Gasteiger partial charge is 0.193 e. The van der Waals surface area contributed by atoms with Crippen LogP contribution in [0, 0.1) is 0 Å². The maximum absolute atomic E-state index is 6.58. The molecular weight excluding hydrogens is 551 g/mol. The van der Waals surface area contributed by atoms with Crippen molar-refractivity contribution in [3.63, 3.8) is 0 Å². The Morgan fingerprint density at radius 3 is 1.03 bits per heavy atom. The van der Waals surface area contributed by atoms with Crippen molar-refractivity contribution in [2.75, 3.05) is 6.16 Å². The average molecular weight is 584 g/mol. The standard InChI is InChI=1S/C34H32O2P.BrH/c1-6-16-29(17-7-1)26-35-34(36-27-30-18-8-2-9-19-30)28-37(31-20-10-3-11-21-31,32-22-12-4-13-23-32)33-24-14-5-15-25-33;/h1-25,34H,26-28H2;1H/q+1;/p-1. The number of ether oxygens (including phenoxy) is 2. The van der Waals surface area contributed by atoms with Crippen LogP contribution in [0.15, 0.2) is 152 Å². The van der Waals surface area contributed by atoms with Gasteiger partial charge >= 0.3 is 0 Å². The Kier molecular flexibility index (Phi) is 10.4. The van der Waals surface area contributed by atoms with Gasteiger partial charge in [-0.15, -0.1) is 0 Å². The number of halogens is 1. The Morgan fingerprint density at radius 2 is 0.711 bits per heavy atom. The molecule has 0 aliphatic carbocycles. The summed E-state index contributed by atoms with van der Waals surface area (Å²) in [6, 6.07) is 53.3. The average Bonchev–Trinajstić information content (AvgIpc) is 2.99. The molecular formula is C34H32BrO2P. The molecule has 0 aliphatic heterocycles. The Labute approximate surface area is 237 Å². The fraction of sp³-hybridized carbons (Fsp3) is 0.118. The second kappa shape index (κ2) is 14.2. The molecule has 0 saturated carbocycles. The molecule has 0 aliphatic rings. The van der Waals surface area contributed by atoms with Crippen LogP contribution in [0.1, 0.15) is 11.1 Å². The maximum atomic E-state index is 6.58. The molecule has 5 rings (SSSR count). The zero-order chi connectivity index (χ0) is 25.2. The van der Waals surface area contributed by atoms with Crippen LogP contribution in [-0.4, -0.2) is 12.5 Å². The first-order chi connectivity index (χ1) is 18.3. The summed E-state index contributed by atoms with van der Waals surface area (Å²) in [5.74, 6) is 0. The molecule has 0 spiro atoms. The molecule has 0 saturated heterocycles. The van der Waals surface area contributed by atoms with E-state index in [-0.39, 0.29) is 17.0 Å². The highest BCUT2D eigenvalue weighted by atomic mass is 79.9. The van der Waals surface area contributed by atoms with E-state index in [0.29, 0.717) is 13.2 Å². The highest BCUT2D eigenvalue weighted by Gasteiger charge is 2.47. The molecule has 0 aromatic heterocycles. The van der Waals surface area contributed by atoms with Crippen molar-refractivity contribution in [1.29, 1.82) is 0 Å². The van der Waals surface area contributed by atoms with E-state index in [2.05, 4.69) is 115 Å². The molecule has 0 amide bonds. The first-order valence-electron chi connectivity index (χ1n) is 12.7. The Bertz CT molecular complexity index is 1190. The predicted molar refractivity (Wildman–Crippen MR) is 156 cm³/mol. The fourth-order valence-corrected chi connectivity index (χ4v) is 8.94. The largest absolute Gasteiger partial charge is 1.00 e. The van der Waals surface area contributed by atoms with Gasteiger partial charge in [-0.05, 0) is 47.5 Å². The van der Waals surface area contributed by atoms with Crippen molar-refractivity contribution in [2.45, 2.75) is 19.5 Å².